The molecule has 3 heteroatoms. The number of ether oxygens (including phenoxy) is 1. The Morgan fingerprint density at radius 2 is 0.905 bits per heavy atom. The van der Waals surface area contributed by atoms with Gasteiger partial charge in [0, 0.05) is 12.1 Å². The zero-order valence-corrected chi connectivity index (χ0v) is 13.5. The van der Waals surface area contributed by atoms with E-state index in [0.717, 1.165) is 33.4 Å². The third-order valence-corrected chi connectivity index (χ3v) is 4.51. The van der Waals surface area contributed by atoms with Crippen LogP contribution in [0, 0.1) is 41.5 Å². The molecule has 0 aliphatic carbocycles. The van der Waals surface area contributed by atoms with E-state index in [9.17, 15) is 10.2 Å². The van der Waals surface area contributed by atoms with Crippen LogP contribution in [0.5, 0.6) is 23.0 Å². The Labute approximate surface area is 125 Å². The predicted octanol–water partition coefficient (Wildman–Crippen LogP) is 4.74. The van der Waals surface area contributed by atoms with Gasteiger partial charge in [-0.05, 0) is 74.9 Å². The number of hydrogen-bond donors (Lipinski definition) is 2. The zero-order chi connectivity index (χ0) is 15.9. The van der Waals surface area contributed by atoms with Gasteiger partial charge in [0.2, 0.25) is 0 Å². The first-order valence-electron chi connectivity index (χ1n) is 7.01. The largest absolute Gasteiger partial charge is 0.508 e. The maximum Gasteiger partial charge on any atom is 0.134 e. The fourth-order valence-corrected chi connectivity index (χ4v) is 2.33. The predicted molar refractivity (Wildman–Crippen MR) is 84.7 cm³/mol. The third-order valence-electron chi connectivity index (χ3n) is 4.51. The number of phenolic OH excluding ortho intramolecular Hbond substituents is 2. The van der Waals surface area contributed by atoms with Crippen LogP contribution in [0.2, 0.25) is 0 Å². The molecule has 0 amide bonds. The fraction of sp³-hybridized carbons (Fsp3) is 0.333. The second kappa shape index (κ2) is 5.32. The second-order valence-electron chi connectivity index (χ2n) is 5.64. The van der Waals surface area contributed by atoms with E-state index in [2.05, 4.69) is 0 Å². The Bertz CT molecular complexity index is 654. The topological polar surface area (TPSA) is 49.7 Å². The van der Waals surface area contributed by atoms with Gasteiger partial charge >= 0.3 is 0 Å². The van der Waals surface area contributed by atoms with Gasteiger partial charge in [0.15, 0.2) is 0 Å². The molecule has 0 saturated heterocycles. The highest BCUT2D eigenvalue weighted by molar-refractivity contribution is 5.55. The molecule has 0 atom stereocenters. The molecule has 0 aliphatic rings. The number of aromatic hydroxyl groups is 2. The minimum atomic E-state index is 0.221. The molecule has 2 aromatic rings. The van der Waals surface area contributed by atoms with E-state index >= 15 is 0 Å². The SMILES string of the molecule is Cc1c(O)cc(Oc2cc(O)c(C)c(C)c2C)c(C)c1C. The molecule has 2 N–H and O–H groups in total. The van der Waals surface area contributed by atoms with Gasteiger partial charge < -0.3 is 14.9 Å². The van der Waals surface area contributed by atoms with Gasteiger partial charge in [0.05, 0.1) is 0 Å². The Balaban J connectivity index is 2.54. The van der Waals surface area contributed by atoms with Crippen molar-refractivity contribution >= 4 is 0 Å². The van der Waals surface area contributed by atoms with Crippen LogP contribution in [0.15, 0.2) is 12.1 Å². The quantitative estimate of drug-likeness (QED) is 0.838. The van der Waals surface area contributed by atoms with E-state index in [1.165, 1.54) is 0 Å². The highest BCUT2D eigenvalue weighted by atomic mass is 16.5. The summed E-state index contributed by atoms with van der Waals surface area (Å²) >= 11 is 0. The lowest BCUT2D eigenvalue weighted by Gasteiger charge is -2.17. The second-order valence-corrected chi connectivity index (χ2v) is 5.64. The Hall–Kier alpha value is -2.16. The lowest BCUT2D eigenvalue weighted by Crippen LogP contribution is -1.97. The monoisotopic (exact) mass is 286 g/mol. The van der Waals surface area contributed by atoms with Crippen LogP contribution in [0.25, 0.3) is 0 Å². The average molecular weight is 286 g/mol. The van der Waals surface area contributed by atoms with Crippen LogP contribution in [-0.2, 0) is 0 Å². The fourth-order valence-electron chi connectivity index (χ4n) is 2.33. The van der Waals surface area contributed by atoms with Crippen molar-refractivity contribution < 1.29 is 14.9 Å². The van der Waals surface area contributed by atoms with Crippen molar-refractivity contribution in [3.05, 3.63) is 45.5 Å². The maximum absolute atomic E-state index is 9.98. The van der Waals surface area contributed by atoms with Crippen LogP contribution in [0.4, 0.5) is 0 Å². The number of rotatable bonds is 2. The first kappa shape index (κ1) is 15.2. The molecule has 0 heterocycles. The smallest absolute Gasteiger partial charge is 0.134 e. The summed E-state index contributed by atoms with van der Waals surface area (Å²) in [5.41, 5.74) is 5.72. The summed E-state index contributed by atoms with van der Waals surface area (Å²) in [5.74, 6) is 1.67. The molecule has 0 aromatic heterocycles. The highest BCUT2D eigenvalue weighted by Gasteiger charge is 2.14. The van der Waals surface area contributed by atoms with Gasteiger partial charge in [-0.2, -0.15) is 0 Å². The Morgan fingerprint density at radius 1 is 0.571 bits per heavy atom. The van der Waals surface area contributed by atoms with Gasteiger partial charge in [0.1, 0.15) is 23.0 Å². The molecular weight excluding hydrogens is 264 g/mol. The van der Waals surface area contributed by atoms with Gasteiger partial charge in [-0.3, -0.25) is 0 Å². The van der Waals surface area contributed by atoms with Crippen LogP contribution in [0.1, 0.15) is 33.4 Å². The molecule has 0 fully saturated rings. The number of phenols is 2. The van der Waals surface area contributed by atoms with E-state index < -0.39 is 0 Å². The summed E-state index contributed by atoms with van der Waals surface area (Å²) < 4.78 is 5.95. The number of hydrogen-bond acceptors (Lipinski definition) is 3. The average Bonchev–Trinajstić information content (AvgIpc) is 2.45. The summed E-state index contributed by atoms with van der Waals surface area (Å²) in [7, 11) is 0. The summed E-state index contributed by atoms with van der Waals surface area (Å²) in [4.78, 5) is 0. The zero-order valence-electron chi connectivity index (χ0n) is 13.5. The lowest BCUT2D eigenvalue weighted by atomic mass is 10.0. The first-order chi connectivity index (χ1) is 9.73. The van der Waals surface area contributed by atoms with Crippen molar-refractivity contribution in [2.24, 2.45) is 0 Å². The van der Waals surface area contributed by atoms with E-state index in [0.29, 0.717) is 11.5 Å². The molecule has 0 unspecified atom stereocenters. The van der Waals surface area contributed by atoms with E-state index in [1.54, 1.807) is 12.1 Å². The van der Waals surface area contributed by atoms with Crippen molar-refractivity contribution in [2.75, 3.05) is 0 Å². The normalized spacial score (nSPS) is 10.8. The van der Waals surface area contributed by atoms with Crippen molar-refractivity contribution in [1.82, 2.24) is 0 Å². The van der Waals surface area contributed by atoms with Crippen molar-refractivity contribution in [1.29, 1.82) is 0 Å². The van der Waals surface area contributed by atoms with Gasteiger partial charge in [-0.15, -0.1) is 0 Å². The molecule has 2 aromatic carbocycles. The Kier molecular flexibility index (Phi) is 3.86. The minimum Gasteiger partial charge on any atom is -0.508 e. The molecule has 0 saturated carbocycles. The summed E-state index contributed by atoms with van der Waals surface area (Å²) in [6.45, 7) is 11.6. The van der Waals surface area contributed by atoms with Crippen molar-refractivity contribution in [3.63, 3.8) is 0 Å². The molecule has 0 spiro atoms. The molecule has 112 valence electrons. The standard InChI is InChI=1S/C18H22O3/c1-9-11(3)15(19)7-17(13(9)5)21-18-8-16(20)12(4)10(2)14(18)6/h7-8,19-20H,1-6H3. The number of benzene rings is 2. The third kappa shape index (κ3) is 2.56. The molecule has 2 rings (SSSR count). The molecule has 3 nitrogen and oxygen atoms in total. The molecule has 0 bridgehead atoms. The Morgan fingerprint density at radius 3 is 1.24 bits per heavy atom. The summed E-state index contributed by atoms with van der Waals surface area (Å²) in [6, 6.07) is 3.26. The van der Waals surface area contributed by atoms with Gasteiger partial charge in [0.25, 0.3) is 0 Å². The molecule has 0 radical (unpaired) electrons. The first-order valence-corrected chi connectivity index (χ1v) is 7.01. The van der Waals surface area contributed by atoms with Crippen LogP contribution in [-0.4, -0.2) is 10.2 Å². The lowest BCUT2D eigenvalue weighted by molar-refractivity contribution is 0.438. The van der Waals surface area contributed by atoms with E-state index in [1.807, 2.05) is 41.5 Å². The maximum atomic E-state index is 9.98. The summed E-state index contributed by atoms with van der Waals surface area (Å²) in [5, 5.41) is 20.0. The summed E-state index contributed by atoms with van der Waals surface area (Å²) in [6.07, 6.45) is 0. The minimum absolute atomic E-state index is 0.221. The van der Waals surface area contributed by atoms with E-state index in [-0.39, 0.29) is 11.5 Å². The molecule has 0 aliphatic heterocycles. The van der Waals surface area contributed by atoms with Crippen molar-refractivity contribution in [2.45, 2.75) is 41.5 Å². The highest BCUT2D eigenvalue weighted by Crippen LogP contribution is 2.38. The van der Waals surface area contributed by atoms with Gasteiger partial charge in [-0.1, -0.05) is 0 Å². The van der Waals surface area contributed by atoms with E-state index in [4.69, 9.17) is 4.74 Å². The van der Waals surface area contributed by atoms with Crippen molar-refractivity contribution in [3.8, 4) is 23.0 Å². The molecular formula is C18H22O3. The van der Waals surface area contributed by atoms with Crippen LogP contribution < -0.4 is 4.74 Å². The van der Waals surface area contributed by atoms with Crippen LogP contribution in [0.3, 0.4) is 0 Å². The van der Waals surface area contributed by atoms with Gasteiger partial charge in [-0.25, -0.2) is 0 Å². The molecule has 21 heavy (non-hydrogen) atoms. The van der Waals surface area contributed by atoms with Crippen LogP contribution >= 0.6 is 0 Å².